The summed E-state index contributed by atoms with van der Waals surface area (Å²) in [6.07, 6.45) is 0.0495. The first-order valence-electron chi connectivity index (χ1n) is 7.37. The van der Waals surface area contributed by atoms with Gasteiger partial charge >= 0.3 is 11.9 Å². The van der Waals surface area contributed by atoms with Crippen molar-refractivity contribution in [3.63, 3.8) is 0 Å². The number of carboxylic acids is 2. The Hall–Kier alpha value is -2.35. The lowest BCUT2D eigenvalue weighted by Crippen LogP contribution is -2.49. The lowest BCUT2D eigenvalue weighted by Gasteiger charge is -2.27. The van der Waals surface area contributed by atoms with Crippen LogP contribution in [0.15, 0.2) is 35.3 Å². The van der Waals surface area contributed by atoms with E-state index < -0.39 is 29.3 Å². The summed E-state index contributed by atoms with van der Waals surface area (Å²) in [6, 6.07) is 7.68. The summed E-state index contributed by atoms with van der Waals surface area (Å²) in [5, 5.41) is 20.1. The summed E-state index contributed by atoms with van der Waals surface area (Å²) >= 11 is 1.23. The molecule has 7 nitrogen and oxygen atoms in total. The molecule has 1 unspecified atom stereocenters. The first kappa shape index (κ1) is 18.0. The maximum absolute atomic E-state index is 12.1. The highest BCUT2D eigenvalue weighted by atomic mass is 32.2. The van der Waals surface area contributed by atoms with Gasteiger partial charge in [-0.3, -0.25) is 9.79 Å². The molecule has 0 bridgehead atoms. The van der Waals surface area contributed by atoms with Crippen LogP contribution in [-0.2, 0) is 20.8 Å². The van der Waals surface area contributed by atoms with Crippen LogP contribution in [0.4, 0.5) is 0 Å². The van der Waals surface area contributed by atoms with Gasteiger partial charge in [-0.05, 0) is 5.56 Å². The molecular weight excluding hydrogens is 332 g/mol. The highest BCUT2D eigenvalue weighted by molar-refractivity contribution is 8.00. The van der Waals surface area contributed by atoms with Crippen LogP contribution in [0.1, 0.15) is 12.5 Å². The van der Waals surface area contributed by atoms with Crippen LogP contribution in [0.2, 0.25) is 0 Å². The van der Waals surface area contributed by atoms with Crippen molar-refractivity contribution >= 4 is 35.3 Å². The molecule has 0 radical (unpaired) electrons. The number of carboxylic acid groups (broad SMARTS) is 2. The molecule has 0 aromatic heterocycles. The second-order valence-corrected chi connectivity index (χ2v) is 6.64. The molecule has 0 saturated heterocycles. The average Bonchev–Trinajstić information content (AvgIpc) is 2.53. The van der Waals surface area contributed by atoms with Crippen LogP contribution in [0.5, 0.6) is 0 Å². The first-order valence-corrected chi connectivity index (χ1v) is 8.42. The number of carbonyl (C=O) groups is 3. The quantitative estimate of drug-likeness (QED) is 0.706. The SMILES string of the molecule is CC1CS[C@H]([C@H](NC(=O)Cc2ccccc2)C(=O)O)N=C1C(=O)O. The van der Waals surface area contributed by atoms with Crippen molar-refractivity contribution in [3.05, 3.63) is 35.9 Å². The number of rotatable bonds is 6. The number of nitrogens with zero attached hydrogens (tertiary/aromatic N) is 1. The number of amides is 1. The minimum Gasteiger partial charge on any atom is -0.480 e. The Bertz CT molecular complexity index is 662. The smallest absolute Gasteiger partial charge is 0.350 e. The zero-order valence-electron chi connectivity index (χ0n) is 13.0. The van der Waals surface area contributed by atoms with Gasteiger partial charge in [0.1, 0.15) is 11.1 Å². The van der Waals surface area contributed by atoms with E-state index in [1.807, 2.05) is 6.07 Å². The van der Waals surface area contributed by atoms with E-state index in [9.17, 15) is 19.5 Å². The van der Waals surface area contributed by atoms with Gasteiger partial charge in [-0.15, -0.1) is 11.8 Å². The molecule has 1 aliphatic rings. The van der Waals surface area contributed by atoms with Gasteiger partial charge in [0.15, 0.2) is 6.04 Å². The number of carbonyl (C=O) groups excluding carboxylic acids is 1. The van der Waals surface area contributed by atoms with Gasteiger partial charge in [0.05, 0.1) is 6.42 Å². The Balaban J connectivity index is 2.10. The van der Waals surface area contributed by atoms with Crippen LogP contribution in [0, 0.1) is 5.92 Å². The molecule has 24 heavy (non-hydrogen) atoms. The first-order chi connectivity index (χ1) is 11.4. The fraction of sp³-hybridized carbons (Fsp3) is 0.375. The Morgan fingerprint density at radius 2 is 1.96 bits per heavy atom. The number of hydrogen-bond acceptors (Lipinski definition) is 5. The summed E-state index contributed by atoms with van der Waals surface area (Å²) in [5.41, 5.74) is 0.709. The number of thioether (sulfide) groups is 1. The van der Waals surface area contributed by atoms with Crippen LogP contribution in [-0.4, -0.2) is 50.9 Å². The maximum atomic E-state index is 12.1. The van der Waals surface area contributed by atoms with Crippen molar-refractivity contribution in [3.8, 4) is 0 Å². The highest BCUT2D eigenvalue weighted by Gasteiger charge is 2.35. The highest BCUT2D eigenvalue weighted by Crippen LogP contribution is 2.26. The normalized spacial score (nSPS) is 21.5. The van der Waals surface area contributed by atoms with Gasteiger partial charge in [0.2, 0.25) is 5.91 Å². The number of aliphatic imine (C=N–C) groups is 1. The van der Waals surface area contributed by atoms with E-state index in [0.717, 1.165) is 5.56 Å². The Morgan fingerprint density at radius 3 is 2.54 bits per heavy atom. The molecule has 1 amide bonds. The predicted molar refractivity (Wildman–Crippen MR) is 90.2 cm³/mol. The second kappa shape index (κ2) is 7.96. The Morgan fingerprint density at radius 1 is 1.29 bits per heavy atom. The van der Waals surface area contributed by atoms with Gasteiger partial charge in [-0.1, -0.05) is 37.3 Å². The van der Waals surface area contributed by atoms with Gasteiger partial charge in [0, 0.05) is 11.7 Å². The standard InChI is InChI=1S/C16H18N2O5S/c1-9-8-24-14(18-12(9)15(20)21)13(16(22)23)17-11(19)7-10-5-3-2-4-6-10/h2-6,9,13-14H,7-8H2,1H3,(H,17,19)(H,20,21)(H,22,23)/t9?,13-,14+/m0/s1. The van der Waals surface area contributed by atoms with E-state index in [1.165, 1.54) is 11.8 Å². The van der Waals surface area contributed by atoms with E-state index in [4.69, 9.17) is 5.11 Å². The molecule has 1 aromatic rings. The lowest BCUT2D eigenvalue weighted by atomic mass is 10.1. The molecule has 0 fully saturated rings. The minimum absolute atomic E-state index is 0.0495. The summed E-state index contributed by atoms with van der Waals surface area (Å²) in [6.45, 7) is 1.72. The molecule has 3 atom stereocenters. The lowest BCUT2D eigenvalue weighted by molar-refractivity contribution is -0.141. The van der Waals surface area contributed by atoms with Gasteiger partial charge in [0.25, 0.3) is 0 Å². The zero-order chi connectivity index (χ0) is 17.7. The summed E-state index contributed by atoms with van der Waals surface area (Å²) in [5.74, 6) is -2.67. The predicted octanol–water partition coefficient (Wildman–Crippen LogP) is 1.03. The van der Waals surface area contributed by atoms with Crippen molar-refractivity contribution in [1.29, 1.82) is 0 Å². The number of hydrogen-bond donors (Lipinski definition) is 3. The third kappa shape index (κ3) is 4.58. The van der Waals surface area contributed by atoms with Gasteiger partial charge in [-0.25, -0.2) is 9.59 Å². The number of nitrogens with one attached hydrogen (secondary N) is 1. The van der Waals surface area contributed by atoms with Crippen molar-refractivity contribution in [2.24, 2.45) is 10.9 Å². The van der Waals surface area contributed by atoms with Crippen molar-refractivity contribution in [2.75, 3.05) is 5.75 Å². The molecule has 1 aromatic carbocycles. The van der Waals surface area contributed by atoms with Crippen molar-refractivity contribution < 1.29 is 24.6 Å². The van der Waals surface area contributed by atoms with E-state index in [0.29, 0.717) is 5.75 Å². The molecule has 0 spiro atoms. The fourth-order valence-electron chi connectivity index (χ4n) is 2.32. The largest absolute Gasteiger partial charge is 0.480 e. The molecule has 2 rings (SSSR count). The van der Waals surface area contributed by atoms with Gasteiger partial charge < -0.3 is 15.5 Å². The summed E-state index contributed by atoms with van der Waals surface area (Å²) in [4.78, 5) is 38.8. The van der Waals surface area contributed by atoms with Crippen LogP contribution in [0.3, 0.4) is 0 Å². The summed E-state index contributed by atoms with van der Waals surface area (Å²) in [7, 11) is 0. The molecule has 128 valence electrons. The molecule has 1 heterocycles. The van der Waals surface area contributed by atoms with Crippen molar-refractivity contribution in [1.82, 2.24) is 5.32 Å². The number of aliphatic carboxylic acids is 2. The van der Waals surface area contributed by atoms with E-state index >= 15 is 0 Å². The van der Waals surface area contributed by atoms with Crippen LogP contribution < -0.4 is 5.32 Å². The monoisotopic (exact) mass is 350 g/mol. The van der Waals surface area contributed by atoms with Crippen molar-refractivity contribution in [2.45, 2.75) is 24.8 Å². The van der Waals surface area contributed by atoms with Crippen LogP contribution >= 0.6 is 11.8 Å². The van der Waals surface area contributed by atoms with E-state index in [1.54, 1.807) is 31.2 Å². The fourth-order valence-corrected chi connectivity index (χ4v) is 3.53. The Labute approximate surface area is 143 Å². The van der Waals surface area contributed by atoms with E-state index in [-0.39, 0.29) is 18.1 Å². The second-order valence-electron chi connectivity index (χ2n) is 5.49. The van der Waals surface area contributed by atoms with E-state index in [2.05, 4.69) is 10.3 Å². The third-order valence-electron chi connectivity index (χ3n) is 3.54. The topological polar surface area (TPSA) is 116 Å². The zero-order valence-corrected chi connectivity index (χ0v) is 13.8. The minimum atomic E-state index is -1.27. The van der Waals surface area contributed by atoms with Crippen LogP contribution in [0.25, 0.3) is 0 Å². The molecule has 0 saturated carbocycles. The molecule has 3 N–H and O–H groups in total. The molecule has 0 aliphatic carbocycles. The summed E-state index contributed by atoms with van der Waals surface area (Å²) < 4.78 is 0. The number of benzene rings is 1. The van der Waals surface area contributed by atoms with Gasteiger partial charge in [-0.2, -0.15) is 0 Å². The molecular formula is C16H18N2O5S. The average molecular weight is 350 g/mol. The molecule has 8 heteroatoms. The maximum Gasteiger partial charge on any atom is 0.350 e. The molecule has 1 aliphatic heterocycles. The Kier molecular flexibility index (Phi) is 5.97. The third-order valence-corrected chi connectivity index (χ3v) is 4.96.